The summed E-state index contributed by atoms with van der Waals surface area (Å²) in [6.45, 7) is 1.50. The fraction of sp³-hybridized carbons (Fsp3) is 0.200. The van der Waals surface area contributed by atoms with E-state index >= 15 is 0 Å². The topological polar surface area (TPSA) is 56.5 Å². The van der Waals surface area contributed by atoms with E-state index in [1.807, 2.05) is 24.3 Å². The molecule has 25 heavy (non-hydrogen) atoms. The molecular formula is C20H17ClO4. The molecule has 1 atom stereocenters. The lowest BCUT2D eigenvalue weighted by molar-refractivity contribution is -0.117. The molecule has 0 aliphatic carbocycles. The molecule has 2 aromatic carbocycles. The Kier molecular flexibility index (Phi) is 4.91. The van der Waals surface area contributed by atoms with Crippen LogP contribution < -0.4 is 10.4 Å². The van der Waals surface area contributed by atoms with E-state index in [0.717, 1.165) is 5.56 Å². The molecule has 0 aliphatic rings. The Balaban J connectivity index is 2.28. The number of carbonyl (C=O) groups is 1. The van der Waals surface area contributed by atoms with Crippen molar-refractivity contribution < 1.29 is 13.9 Å². The maximum absolute atomic E-state index is 12.7. The number of Topliss-reactive ketones (excluding diaryl/α,β-unsaturated/α-hetero) is 1. The summed E-state index contributed by atoms with van der Waals surface area (Å²) in [6.07, 6.45) is 0.168. The first kappa shape index (κ1) is 17.2. The molecule has 0 radical (unpaired) electrons. The van der Waals surface area contributed by atoms with Crippen LogP contribution in [0.2, 0.25) is 5.02 Å². The molecule has 0 spiro atoms. The normalized spacial score (nSPS) is 12.1. The predicted octanol–water partition coefficient (Wildman–Crippen LogP) is 4.57. The van der Waals surface area contributed by atoms with E-state index in [2.05, 4.69) is 0 Å². The van der Waals surface area contributed by atoms with Gasteiger partial charge in [0.05, 0.1) is 18.1 Å². The third-order valence-electron chi connectivity index (χ3n) is 4.12. The molecule has 0 amide bonds. The number of benzene rings is 2. The Labute approximate surface area is 150 Å². The average Bonchev–Trinajstić information content (AvgIpc) is 2.59. The Morgan fingerprint density at radius 1 is 1.16 bits per heavy atom. The van der Waals surface area contributed by atoms with Gasteiger partial charge in [0.25, 0.3) is 0 Å². The van der Waals surface area contributed by atoms with Crippen molar-refractivity contribution in [2.24, 2.45) is 0 Å². The van der Waals surface area contributed by atoms with Crippen LogP contribution in [-0.2, 0) is 4.79 Å². The third-order valence-corrected chi connectivity index (χ3v) is 4.37. The maximum Gasteiger partial charge on any atom is 0.343 e. The highest BCUT2D eigenvalue weighted by Crippen LogP contribution is 2.37. The zero-order valence-corrected chi connectivity index (χ0v) is 14.7. The lowest BCUT2D eigenvalue weighted by Crippen LogP contribution is -2.18. The predicted molar refractivity (Wildman–Crippen MR) is 97.6 cm³/mol. The monoisotopic (exact) mass is 356 g/mol. The molecule has 0 aliphatic heterocycles. The minimum absolute atomic E-state index is 0.0328. The number of rotatable bonds is 5. The van der Waals surface area contributed by atoms with Crippen molar-refractivity contribution in [2.45, 2.75) is 19.3 Å². The van der Waals surface area contributed by atoms with Crippen molar-refractivity contribution >= 4 is 28.4 Å². The van der Waals surface area contributed by atoms with Crippen molar-refractivity contribution in [3.05, 3.63) is 75.1 Å². The molecule has 0 N–H and O–H groups in total. The molecule has 3 rings (SSSR count). The summed E-state index contributed by atoms with van der Waals surface area (Å²) < 4.78 is 11.0. The van der Waals surface area contributed by atoms with Gasteiger partial charge in [-0.3, -0.25) is 4.79 Å². The molecule has 0 fully saturated rings. The summed E-state index contributed by atoms with van der Waals surface area (Å²) in [5.74, 6) is -0.0619. The Morgan fingerprint density at radius 2 is 1.84 bits per heavy atom. The summed E-state index contributed by atoms with van der Waals surface area (Å²) in [5.41, 5.74) is 1.10. The number of methoxy groups -OCH3 is 1. The van der Waals surface area contributed by atoms with Gasteiger partial charge in [-0.1, -0.05) is 35.9 Å². The first-order chi connectivity index (χ1) is 12.0. The van der Waals surface area contributed by atoms with Gasteiger partial charge < -0.3 is 9.15 Å². The Bertz CT molecular complexity index is 973. The summed E-state index contributed by atoms with van der Waals surface area (Å²) >= 11 is 5.96. The number of ketones is 1. The van der Waals surface area contributed by atoms with Crippen LogP contribution in [0.4, 0.5) is 0 Å². The second kappa shape index (κ2) is 7.11. The standard InChI is InChI=1S/C20H17ClO4/c1-12(22)11-16(13-7-9-14(21)10-8-13)18-19(24-2)15-5-3-4-6-17(15)25-20(18)23/h3-10,16H,11H2,1-2H3. The quantitative estimate of drug-likeness (QED) is 0.628. The number of para-hydroxylation sites is 1. The summed E-state index contributed by atoms with van der Waals surface area (Å²) in [4.78, 5) is 24.5. The second-order valence-electron chi connectivity index (χ2n) is 5.84. The van der Waals surface area contributed by atoms with E-state index in [4.69, 9.17) is 20.8 Å². The van der Waals surface area contributed by atoms with Gasteiger partial charge in [-0.25, -0.2) is 4.79 Å². The molecule has 1 heterocycles. The lowest BCUT2D eigenvalue weighted by Gasteiger charge is -2.19. The summed E-state index contributed by atoms with van der Waals surface area (Å²) in [6, 6.07) is 14.3. The highest BCUT2D eigenvalue weighted by molar-refractivity contribution is 6.30. The Morgan fingerprint density at radius 3 is 2.48 bits per heavy atom. The van der Waals surface area contributed by atoms with Crippen molar-refractivity contribution in [1.29, 1.82) is 0 Å². The van der Waals surface area contributed by atoms with Gasteiger partial charge in [0.1, 0.15) is 17.1 Å². The number of hydrogen-bond donors (Lipinski definition) is 0. The van der Waals surface area contributed by atoms with Crippen molar-refractivity contribution in [3.8, 4) is 5.75 Å². The van der Waals surface area contributed by atoms with E-state index in [1.54, 1.807) is 24.3 Å². The van der Waals surface area contributed by atoms with Gasteiger partial charge in [-0.15, -0.1) is 0 Å². The largest absolute Gasteiger partial charge is 0.495 e. The number of fused-ring (bicyclic) bond motifs is 1. The van der Waals surface area contributed by atoms with Crippen LogP contribution in [0.15, 0.2) is 57.7 Å². The molecule has 1 unspecified atom stereocenters. The van der Waals surface area contributed by atoms with Crippen LogP contribution in [0.1, 0.15) is 30.4 Å². The van der Waals surface area contributed by atoms with Crippen molar-refractivity contribution in [1.82, 2.24) is 0 Å². The maximum atomic E-state index is 12.7. The van der Waals surface area contributed by atoms with E-state index in [0.29, 0.717) is 27.3 Å². The first-order valence-corrected chi connectivity index (χ1v) is 8.23. The average molecular weight is 357 g/mol. The zero-order chi connectivity index (χ0) is 18.0. The zero-order valence-electron chi connectivity index (χ0n) is 13.9. The van der Waals surface area contributed by atoms with Crippen LogP contribution >= 0.6 is 11.6 Å². The minimum atomic E-state index is -0.503. The van der Waals surface area contributed by atoms with E-state index in [1.165, 1.54) is 14.0 Å². The fourth-order valence-corrected chi connectivity index (χ4v) is 3.15. The first-order valence-electron chi connectivity index (χ1n) is 7.86. The molecule has 0 saturated carbocycles. The number of ether oxygens (including phenoxy) is 1. The van der Waals surface area contributed by atoms with Crippen molar-refractivity contribution in [2.75, 3.05) is 7.11 Å². The number of carbonyl (C=O) groups excluding carboxylic acids is 1. The van der Waals surface area contributed by atoms with Crippen molar-refractivity contribution in [3.63, 3.8) is 0 Å². The molecule has 1 aromatic heterocycles. The summed E-state index contributed by atoms with van der Waals surface area (Å²) in [5, 5.41) is 1.28. The molecule has 3 aromatic rings. The van der Waals surface area contributed by atoms with Gasteiger partial charge >= 0.3 is 5.63 Å². The number of halogens is 1. The van der Waals surface area contributed by atoms with Crippen LogP contribution in [0, 0.1) is 0 Å². The van der Waals surface area contributed by atoms with Gasteiger partial charge in [-0.05, 0) is 36.8 Å². The highest BCUT2D eigenvalue weighted by Gasteiger charge is 2.26. The third kappa shape index (κ3) is 3.44. The van der Waals surface area contributed by atoms with Crippen LogP contribution in [0.3, 0.4) is 0 Å². The van der Waals surface area contributed by atoms with Crippen LogP contribution in [0.5, 0.6) is 5.75 Å². The molecule has 5 heteroatoms. The van der Waals surface area contributed by atoms with Gasteiger partial charge in [0.2, 0.25) is 0 Å². The molecule has 0 saturated heterocycles. The minimum Gasteiger partial charge on any atom is -0.495 e. The van der Waals surface area contributed by atoms with Crippen LogP contribution in [0.25, 0.3) is 11.0 Å². The molecular weight excluding hydrogens is 340 g/mol. The molecule has 4 nitrogen and oxygen atoms in total. The second-order valence-corrected chi connectivity index (χ2v) is 6.28. The molecule has 128 valence electrons. The Hall–Kier alpha value is -2.59. The molecule has 0 bridgehead atoms. The van der Waals surface area contributed by atoms with E-state index in [-0.39, 0.29) is 12.2 Å². The summed E-state index contributed by atoms with van der Waals surface area (Å²) in [7, 11) is 1.51. The fourth-order valence-electron chi connectivity index (χ4n) is 3.03. The van der Waals surface area contributed by atoms with Gasteiger partial charge in [0, 0.05) is 17.4 Å². The van der Waals surface area contributed by atoms with E-state index < -0.39 is 11.5 Å². The SMILES string of the molecule is COc1c(C(CC(C)=O)c2ccc(Cl)cc2)c(=O)oc2ccccc12. The van der Waals surface area contributed by atoms with E-state index in [9.17, 15) is 9.59 Å². The smallest absolute Gasteiger partial charge is 0.343 e. The lowest BCUT2D eigenvalue weighted by atomic mass is 9.87. The van der Waals surface area contributed by atoms with Gasteiger partial charge in [-0.2, -0.15) is 0 Å². The van der Waals surface area contributed by atoms with Crippen LogP contribution in [-0.4, -0.2) is 12.9 Å². The number of hydrogen-bond acceptors (Lipinski definition) is 4. The van der Waals surface area contributed by atoms with Gasteiger partial charge in [0.15, 0.2) is 0 Å². The highest BCUT2D eigenvalue weighted by atomic mass is 35.5.